The summed E-state index contributed by atoms with van der Waals surface area (Å²) in [6, 6.07) is 0. The SMILES string of the molecule is CC(=Cc1csc(C)n1)C1Cc2sc(C)nc2CCC[C@H](C)[C@H](O)[C@@H](C)C(=O)C(C)(C)[C@@H](O)CC(=O)O1. The molecule has 0 fully saturated rings. The van der Waals surface area contributed by atoms with Gasteiger partial charge >= 0.3 is 5.97 Å². The van der Waals surface area contributed by atoms with E-state index in [0.29, 0.717) is 6.42 Å². The summed E-state index contributed by atoms with van der Waals surface area (Å²) in [4.78, 5) is 36.7. The lowest BCUT2D eigenvalue weighted by Crippen LogP contribution is -2.45. The second-order valence-electron chi connectivity index (χ2n) is 10.9. The fourth-order valence-corrected chi connectivity index (χ4v) is 6.47. The van der Waals surface area contributed by atoms with Crippen molar-refractivity contribution < 1.29 is 24.5 Å². The Bertz CT molecular complexity index is 1140. The zero-order chi connectivity index (χ0) is 27.5. The number of aliphatic hydroxyl groups excluding tert-OH is 2. The molecule has 2 N–H and O–H groups in total. The van der Waals surface area contributed by atoms with Crippen LogP contribution >= 0.6 is 22.7 Å². The first kappa shape index (κ1) is 29.6. The van der Waals surface area contributed by atoms with Gasteiger partial charge in [0.25, 0.3) is 0 Å². The van der Waals surface area contributed by atoms with Crippen LogP contribution in [0.4, 0.5) is 0 Å². The van der Waals surface area contributed by atoms with Crippen LogP contribution in [0.25, 0.3) is 6.08 Å². The molecule has 3 rings (SSSR count). The van der Waals surface area contributed by atoms with Crippen LogP contribution in [0.3, 0.4) is 0 Å². The molecule has 0 saturated carbocycles. The van der Waals surface area contributed by atoms with Gasteiger partial charge in [0.1, 0.15) is 11.9 Å². The molecule has 3 heterocycles. The predicted molar refractivity (Wildman–Crippen MR) is 148 cm³/mol. The summed E-state index contributed by atoms with van der Waals surface area (Å²) in [6.45, 7) is 12.8. The van der Waals surface area contributed by atoms with Crippen LogP contribution in [-0.2, 0) is 27.2 Å². The second-order valence-corrected chi connectivity index (χ2v) is 13.3. The predicted octanol–water partition coefficient (Wildman–Crippen LogP) is 5.09. The minimum Gasteiger partial charge on any atom is -0.457 e. The van der Waals surface area contributed by atoms with Gasteiger partial charge in [0, 0.05) is 22.6 Å². The lowest BCUT2D eigenvalue weighted by atomic mass is 9.73. The average molecular weight is 549 g/mol. The van der Waals surface area contributed by atoms with Crippen molar-refractivity contribution >= 4 is 40.5 Å². The van der Waals surface area contributed by atoms with Gasteiger partial charge in [-0.1, -0.05) is 27.7 Å². The zero-order valence-electron chi connectivity index (χ0n) is 22.9. The summed E-state index contributed by atoms with van der Waals surface area (Å²) in [6.07, 6.45) is 1.79. The minimum atomic E-state index is -1.24. The van der Waals surface area contributed by atoms with E-state index >= 15 is 0 Å². The van der Waals surface area contributed by atoms with Crippen LogP contribution in [0, 0.1) is 31.1 Å². The first-order chi connectivity index (χ1) is 17.3. The summed E-state index contributed by atoms with van der Waals surface area (Å²) in [5.74, 6) is -1.59. The molecule has 37 heavy (non-hydrogen) atoms. The van der Waals surface area contributed by atoms with Crippen molar-refractivity contribution in [3.63, 3.8) is 0 Å². The number of aromatic nitrogens is 2. The van der Waals surface area contributed by atoms with Gasteiger partial charge in [-0.3, -0.25) is 9.59 Å². The van der Waals surface area contributed by atoms with Crippen LogP contribution < -0.4 is 0 Å². The molecule has 5 atom stereocenters. The summed E-state index contributed by atoms with van der Waals surface area (Å²) < 4.78 is 5.95. The van der Waals surface area contributed by atoms with Crippen LogP contribution in [0.5, 0.6) is 0 Å². The van der Waals surface area contributed by atoms with Gasteiger partial charge in [0.2, 0.25) is 0 Å². The van der Waals surface area contributed by atoms with E-state index in [4.69, 9.17) is 9.72 Å². The highest BCUT2D eigenvalue weighted by molar-refractivity contribution is 7.11. The maximum absolute atomic E-state index is 13.3. The molecule has 2 aromatic rings. The maximum Gasteiger partial charge on any atom is 0.309 e. The molecule has 0 spiro atoms. The topological polar surface area (TPSA) is 110 Å². The molecule has 1 unspecified atom stereocenters. The summed E-state index contributed by atoms with van der Waals surface area (Å²) in [7, 11) is 0. The highest BCUT2D eigenvalue weighted by Crippen LogP contribution is 2.33. The number of hydrogen-bond acceptors (Lipinski definition) is 9. The average Bonchev–Trinajstić information content (AvgIpc) is 3.40. The van der Waals surface area contributed by atoms with Crippen molar-refractivity contribution in [2.45, 2.75) is 98.9 Å². The number of aliphatic hydroxyl groups is 2. The Labute approximate surface area is 228 Å². The standard InChI is InChI=1S/C28H40N2O5S2/c1-15-9-8-10-21-23(37-19(5)30-21)12-22(16(2)11-20-14-36-18(4)29-20)35-25(32)13-24(31)28(6,7)27(34)17(3)26(15)33/h11,14-15,17,22,24,26,31,33H,8-10,12-13H2,1-7H3/t15-,17+,22?,24-,26-/m0/s1. The Kier molecular flexibility index (Phi) is 9.83. The van der Waals surface area contributed by atoms with E-state index in [9.17, 15) is 19.8 Å². The summed E-state index contributed by atoms with van der Waals surface area (Å²) in [5, 5.41) is 25.7. The number of nitrogens with zero attached hydrogens (tertiary/aromatic N) is 2. The van der Waals surface area contributed by atoms with E-state index in [1.807, 2.05) is 39.2 Å². The molecule has 7 nitrogen and oxygen atoms in total. The van der Waals surface area contributed by atoms with Gasteiger partial charge in [-0.15, -0.1) is 22.7 Å². The van der Waals surface area contributed by atoms with Crippen molar-refractivity contribution in [1.29, 1.82) is 0 Å². The molecule has 0 saturated heterocycles. The molecule has 0 aliphatic carbocycles. The Balaban J connectivity index is 1.97. The van der Waals surface area contributed by atoms with Crippen LogP contribution in [-0.4, -0.2) is 50.2 Å². The number of esters is 1. The summed E-state index contributed by atoms with van der Waals surface area (Å²) in [5.41, 5.74) is 1.44. The van der Waals surface area contributed by atoms with Crippen LogP contribution in [0.2, 0.25) is 0 Å². The number of carbonyl (C=O) groups excluding carboxylic acids is 2. The van der Waals surface area contributed by atoms with Crippen molar-refractivity contribution in [2.75, 3.05) is 0 Å². The lowest BCUT2D eigenvalue weighted by molar-refractivity contribution is -0.154. The van der Waals surface area contributed by atoms with E-state index in [0.717, 1.165) is 51.1 Å². The smallest absolute Gasteiger partial charge is 0.309 e. The van der Waals surface area contributed by atoms with E-state index in [1.165, 1.54) is 0 Å². The van der Waals surface area contributed by atoms with Gasteiger partial charge in [-0.2, -0.15) is 0 Å². The first-order valence-electron chi connectivity index (χ1n) is 12.9. The van der Waals surface area contributed by atoms with E-state index in [1.54, 1.807) is 43.4 Å². The van der Waals surface area contributed by atoms with E-state index in [2.05, 4.69) is 4.98 Å². The maximum atomic E-state index is 13.3. The molecule has 0 amide bonds. The van der Waals surface area contributed by atoms with Crippen molar-refractivity contribution in [1.82, 2.24) is 9.97 Å². The Morgan fingerprint density at radius 2 is 1.84 bits per heavy atom. The second kappa shape index (κ2) is 12.3. The van der Waals surface area contributed by atoms with Crippen LogP contribution in [0.1, 0.15) is 80.2 Å². The quantitative estimate of drug-likeness (QED) is 0.503. The Hall–Kier alpha value is -1.94. The van der Waals surface area contributed by atoms with Gasteiger partial charge in [0.15, 0.2) is 0 Å². The number of rotatable bonds is 2. The Morgan fingerprint density at radius 3 is 2.49 bits per heavy atom. The van der Waals surface area contributed by atoms with Crippen molar-refractivity contribution in [2.24, 2.45) is 17.3 Å². The Morgan fingerprint density at radius 1 is 1.14 bits per heavy atom. The molecule has 1 aliphatic heterocycles. The van der Waals surface area contributed by atoms with Gasteiger partial charge in [-0.05, 0) is 57.6 Å². The molecule has 0 radical (unpaired) electrons. The third kappa shape index (κ3) is 7.34. The fraction of sp³-hybridized carbons (Fsp3) is 0.643. The summed E-state index contributed by atoms with van der Waals surface area (Å²) >= 11 is 3.16. The number of carbonyl (C=O) groups is 2. The van der Waals surface area contributed by atoms with Crippen LogP contribution in [0.15, 0.2) is 11.0 Å². The number of cyclic esters (lactones) is 1. The molecule has 2 aromatic heterocycles. The lowest BCUT2D eigenvalue weighted by Gasteiger charge is -2.34. The number of Topliss-reactive ketones (excluding diaryl/α,β-unsaturated/α-hetero) is 1. The molecule has 204 valence electrons. The zero-order valence-corrected chi connectivity index (χ0v) is 24.5. The van der Waals surface area contributed by atoms with E-state index < -0.39 is 35.6 Å². The highest BCUT2D eigenvalue weighted by Gasteiger charge is 2.42. The van der Waals surface area contributed by atoms with Crippen molar-refractivity contribution in [3.8, 4) is 0 Å². The minimum absolute atomic E-state index is 0.0903. The van der Waals surface area contributed by atoms with Gasteiger partial charge < -0.3 is 14.9 Å². The molecular formula is C28H40N2O5S2. The molecule has 9 heteroatoms. The first-order valence-corrected chi connectivity index (χ1v) is 14.6. The molecule has 0 bridgehead atoms. The van der Waals surface area contributed by atoms with Gasteiger partial charge in [0.05, 0.1) is 45.4 Å². The monoisotopic (exact) mass is 548 g/mol. The largest absolute Gasteiger partial charge is 0.457 e. The van der Waals surface area contributed by atoms with E-state index in [-0.39, 0.29) is 18.1 Å². The normalized spacial score (nSPS) is 28.6. The number of ether oxygens (including phenoxy) is 1. The number of thiazole rings is 2. The third-order valence-corrected chi connectivity index (χ3v) is 9.29. The number of hydrogen-bond donors (Lipinski definition) is 2. The number of ketones is 1. The molecular weight excluding hydrogens is 508 g/mol. The fourth-order valence-electron chi connectivity index (χ4n) is 4.88. The number of aryl methyl sites for hydroxylation is 3. The highest BCUT2D eigenvalue weighted by atomic mass is 32.1. The third-order valence-electron chi connectivity index (χ3n) is 7.46. The van der Waals surface area contributed by atoms with Crippen molar-refractivity contribution in [3.05, 3.63) is 37.2 Å². The molecule has 1 aliphatic rings. The molecule has 0 aromatic carbocycles. The number of fused-ring (bicyclic) bond motifs is 1. The van der Waals surface area contributed by atoms with Gasteiger partial charge in [-0.25, -0.2) is 9.97 Å².